The second-order valence-electron chi connectivity index (χ2n) is 6.60. The number of nitrogens with one attached hydrogen (secondary N) is 1. The number of nitrogens with zero attached hydrogens (tertiary/aromatic N) is 1. The maximum absolute atomic E-state index is 12.9. The van der Waals surface area contributed by atoms with E-state index in [4.69, 9.17) is 9.47 Å². The number of carbonyl (C=O) groups is 2. The van der Waals surface area contributed by atoms with Crippen LogP contribution in [0.3, 0.4) is 0 Å². The van der Waals surface area contributed by atoms with Crippen LogP contribution < -0.4 is 0 Å². The fourth-order valence-corrected chi connectivity index (χ4v) is 3.57. The average molecular weight is 410 g/mol. The van der Waals surface area contributed by atoms with Crippen LogP contribution in [0.15, 0.2) is 54.7 Å². The quantitative estimate of drug-likeness (QED) is 0.260. The molecule has 3 rings (SSSR count). The van der Waals surface area contributed by atoms with Gasteiger partial charge in [0.05, 0.1) is 18.1 Å². The van der Waals surface area contributed by atoms with Gasteiger partial charge >= 0.3 is 11.9 Å². The van der Waals surface area contributed by atoms with Crippen molar-refractivity contribution >= 4 is 28.5 Å². The van der Waals surface area contributed by atoms with Gasteiger partial charge in [-0.3, -0.25) is 19.7 Å². The van der Waals surface area contributed by atoms with Gasteiger partial charge in [0.15, 0.2) is 5.92 Å². The largest absolute Gasteiger partial charge is 0.465 e. The van der Waals surface area contributed by atoms with Crippen molar-refractivity contribution < 1.29 is 24.0 Å². The summed E-state index contributed by atoms with van der Waals surface area (Å²) in [5, 5.41) is 12.1. The number of ether oxygens (including phenoxy) is 2. The Kier molecular flexibility index (Phi) is 6.46. The topological polar surface area (TPSA) is 112 Å². The van der Waals surface area contributed by atoms with Crippen molar-refractivity contribution in [1.82, 2.24) is 4.98 Å². The molecule has 8 heteroatoms. The fraction of sp³-hybridized carbons (Fsp3) is 0.273. The van der Waals surface area contributed by atoms with Crippen molar-refractivity contribution in [2.45, 2.75) is 19.8 Å². The van der Waals surface area contributed by atoms with Gasteiger partial charge in [-0.2, -0.15) is 0 Å². The van der Waals surface area contributed by atoms with Crippen LogP contribution in [-0.2, 0) is 19.1 Å². The second kappa shape index (κ2) is 9.21. The van der Waals surface area contributed by atoms with Crippen molar-refractivity contribution in [3.05, 3.63) is 76.0 Å². The molecule has 2 aromatic carbocycles. The minimum Gasteiger partial charge on any atom is -0.465 e. The minimum absolute atomic E-state index is 0.0876. The summed E-state index contributed by atoms with van der Waals surface area (Å²) in [7, 11) is 0. The van der Waals surface area contributed by atoms with Gasteiger partial charge in [0.1, 0.15) is 0 Å². The molecule has 0 bridgehead atoms. The van der Waals surface area contributed by atoms with Crippen LogP contribution in [0.4, 0.5) is 5.69 Å². The third kappa shape index (κ3) is 4.17. The summed E-state index contributed by atoms with van der Waals surface area (Å²) in [6.07, 6.45) is 1.71. The molecule has 1 N–H and O–H groups in total. The van der Waals surface area contributed by atoms with Crippen LogP contribution in [0.25, 0.3) is 10.9 Å². The van der Waals surface area contributed by atoms with E-state index in [1.54, 1.807) is 26.1 Å². The van der Waals surface area contributed by atoms with Gasteiger partial charge in [-0.15, -0.1) is 0 Å². The highest BCUT2D eigenvalue weighted by Gasteiger charge is 2.41. The molecule has 156 valence electrons. The normalized spacial score (nSPS) is 12.0. The Bertz CT molecular complexity index is 1060. The lowest BCUT2D eigenvalue weighted by Crippen LogP contribution is -2.34. The number of aromatic nitrogens is 1. The summed E-state index contributed by atoms with van der Waals surface area (Å²) in [6, 6.07) is 13.4. The monoisotopic (exact) mass is 410 g/mol. The molecular weight excluding hydrogens is 388 g/mol. The predicted octanol–water partition coefficient (Wildman–Crippen LogP) is 3.95. The number of hydrogen-bond acceptors (Lipinski definition) is 6. The minimum atomic E-state index is -1.31. The van der Waals surface area contributed by atoms with Crippen molar-refractivity contribution in [1.29, 1.82) is 0 Å². The van der Waals surface area contributed by atoms with E-state index in [2.05, 4.69) is 4.98 Å². The lowest BCUT2D eigenvalue weighted by atomic mass is 9.80. The molecule has 0 saturated heterocycles. The van der Waals surface area contributed by atoms with E-state index < -0.39 is 28.7 Å². The molecule has 0 aliphatic carbocycles. The van der Waals surface area contributed by atoms with Crippen molar-refractivity contribution in [2.24, 2.45) is 5.92 Å². The van der Waals surface area contributed by atoms with Gasteiger partial charge in [-0.05, 0) is 31.0 Å². The van der Waals surface area contributed by atoms with Gasteiger partial charge in [-0.1, -0.05) is 30.3 Å². The molecule has 1 atom stereocenters. The first kappa shape index (κ1) is 21.0. The number of non-ortho nitro benzene ring substituents is 1. The zero-order chi connectivity index (χ0) is 21.7. The van der Waals surface area contributed by atoms with Gasteiger partial charge in [0.25, 0.3) is 5.69 Å². The van der Waals surface area contributed by atoms with Crippen molar-refractivity contribution in [2.75, 3.05) is 13.2 Å². The zero-order valence-corrected chi connectivity index (χ0v) is 16.7. The van der Waals surface area contributed by atoms with E-state index in [0.717, 1.165) is 10.9 Å². The standard InChI is InChI=1S/C22H22N2O6/c1-3-29-21(25)20(22(26)30-4-2)19(14-8-7-9-15(12-14)24(27)28)17-13-23-18-11-6-5-10-16(17)18/h5-13,19-20,23H,3-4H2,1-2H3/t19-/m0/s1. The van der Waals surface area contributed by atoms with E-state index in [-0.39, 0.29) is 18.9 Å². The molecule has 0 radical (unpaired) electrons. The van der Waals surface area contributed by atoms with E-state index in [1.807, 2.05) is 24.3 Å². The lowest BCUT2D eigenvalue weighted by molar-refractivity contribution is -0.384. The number of esters is 2. The Morgan fingerprint density at radius 1 is 1.03 bits per heavy atom. The number of hydrogen-bond donors (Lipinski definition) is 1. The predicted molar refractivity (Wildman–Crippen MR) is 110 cm³/mol. The number of nitro benzene ring substituents is 1. The van der Waals surface area contributed by atoms with E-state index >= 15 is 0 Å². The molecule has 0 amide bonds. The molecule has 8 nitrogen and oxygen atoms in total. The van der Waals surface area contributed by atoms with Crippen LogP contribution in [0.5, 0.6) is 0 Å². The molecule has 3 aromatic rings. The van der Waals surface area contributed by atoms with Crippen LogP contribution >= 0.6 is 0 Å². The molecular formula is C22H22N2O6. The number of carbonyl (C=O) groups excluding carboxylic acids is 2. The van der Waals surface area contributed by atoms with E-state index in [0.29, 0.717) is 11.1 Å². The molecule has 0 spiro atoms. The molecule has 0 unspecified atom stereocenters. The van der Waals surface area contributed by atoms with Crippen LogP contribution in [0.1, 0.15) is 30.9 Å². The molecule has 0 aliphatic heterocycles. The van der Waals surface area contributed by atoms with Crippen molar-refractivity contribution in [3.8, 4) is 0 Å². The molecule has 0 fully saturated rings. The van der Waals surface area contributed by atoms with Crippen molar-refractivity contribution in [3.63, 3.8) is 0 Å². The lowest BCUT2D eigenvalue weighted by Gasteiger charge is -2.24. The van der Waals surface area contributed by atoms with Gasteiger partial charge < -0.3 is 14.5 Å². The number of fused-ring (bicyclic) bond motifs is 1. The van der Waals surface area contributed by atoms with E-state index in [9.17, 15) is 19.7 Å². The first-order valence-electron chi connectivity index (χ1n) is 9.61. The van der Waals surface area contributed by atoms with E-state index in [1.165, 1.54) is 18.2 Å². The second-order valence-corrected chi connectivity index (χ2v) is 6.60. The summed E-state index contributed by atoms with van der Waals surface area (Å²) in [5.74, 6) is -3.62. The highest BCUT2D eigenvalue weighted by molar-refractivity contribution is 5.98. The van der Waals surface area contributed by atoms with Gasteiger partial charge in [0.2, 0.25) is 0 Å². The smallest absolute Gasteiger partial charge is 0.321 e. The number of rotatable bonds is 8. The maximum Gasteiger partial charge on any atom is 0.321 e. The first-order valence-corrected chi connectivity index (χ1v) is 9.61. The number of H-pyrrole nitrogens is 1. The van der Waals surface area contributed by atoms with Crippen LogP contribution in [0, 0.1) is 16.0 Å². The van der Waals surface area contributed by atoms with Crippen LogP contribution in [0.2, 0.25) is 0 Å². The Balaban J connectivity index is 2.24. The third-order valence-electron chi connectivity index (χ3n) is 4.81. The summed E-state index contributed by atoms with van der Waals surface area (Å²) in [6.45, 7) is 3.47. The highest BCUT2D eigenvalue weighted by Crippen LogP contribution is 2.38. The number of aromatic amines is 1. The summed E-state index contributed by atoms with van der Waals surface area (Å²) >= 11 is 0. The number of benzene rings is 2. The summed E-state index contributed by atoms with van der Waals surface area (Å²) in [5.41, 5.74) is 1.77. The molecule has 0 aliphatic rings. The maximum atomic E-state index is 12.9. The third-order valence-corrected chi connectivity index (χ3v) is 4.81. The zero-order valence-electron chi connectivity index (χ0n) is 16.7. The Labute approximate surface area is 173 Å². The summed E-state index contributed by atoms with van der Waals surface area (Å²) < 4.78 is 10.4. The van der Waals surface area contributed by atoms with Gasteiger partial charge in [-0.25, -0.2) is 0 Å². The number of para-hydroxylation sites is 1. The molecule has 1 aromatic heterocycles. The summed E-state index contributed by atoms with van der Waals surface area (Å²) in [4.78, 5) is 39.7. The molecule has 0 saturated carbocycles. The number of nitro groups is 1. The highest BCUT2D eigenvalue weighted by atomic mass is 16.6. The fourth-order valence-electron chi connectivity index (χ4n) is 3.57. The van der Waals surface area contributed by atoms with Gasteiger partial charge in [0, 0.05) is 35.2 Å². The SMILES string of the molecule is CCOC(=O)C(C(=O)OCC)[C@@H](c1cccc([N+](=O)[O-])c1)c1c[nH]c2ccccc12. The Morgan fingerprint density at radius 2 is 1.70 bits per heavy atom. The Hall–Kier alpha value is -3.68. The molecule has 30 heavy (non-hydrogen) atoms. The first-order chi connectivity index (χ1) is 14.5. The Morgan fingerprint density at radius 3 is 2.33 bits per heavy atom. The van der Waals surface area contributed by atoms with Crippen LogP contribution in [-0.4, -0.2) is 35.1 Å². The molecule has 1 heterocycles. The average Bonchev–Trinajstić information content (AvgIpc) is 3.16.